The second-order valence-corrected chi connectivity index (χ2v) is 7.28. The van der Waals surface area contributed by atoms with Crippen LogP contribution in [0, 0.1) is 5.92 Å². The van der Waals surface area contributed by atoms with E-state index in [1.54, 1.807) is 6.07 Å². The third-order valence-electron chi connectivity index (χ3n) is 5.32. The van der Waals surface area contributed by atoms with E-state index in [0.29, 0.717) is 24.6 Å². The predicted molar refractivity (Wildman–Crippen MR) is 108 cm³/mol. The van der Waals surface area contributed by atoms with Gasteiger partial charge in [0.15, 0.2) is 0 Å². The Labute approximate surface area is 161 Å². The minimum Gasteiger partial charge on any atom is -0.508 e. The predicted octanol–water partition coefficient (Wildman–Crippen LogP) is 5.30. The van der Waals surface area contributed by atoms with Gasteiger partial charge in [-0.15, -0.1) is 0 Å². The van der Waals surface area contributed by atoms with Crippen LogP contribution < -0.4 is 5.32 Å². The number of ether oxygens (including phenoxy) is 1. The van der Waals surface area contributed by atoms with E-state index in [1.165, 1.54) is 37.7 Å². The summed E-state index contributed by atoms with van der Waals surface area (Å²) >= 11 is 0. The zero-order valence-corrected chi connectivity index (χ0v) is 16.0. The van der Waals surface area contributed by atoms with E-state index in [0.717, 1.165) is 17.7 Å². The van der Waals surface area contributed by atoms with Gasteiger partial charge in [0.25, 0.3) is 0 Å². The Kier molecular flexibility index (Phi) is 6.74. The number of aromatic hydroxyl groups is 1. The Morgan fingerprint density at radius 2 is 1.89 bits per heavy atom. The first-order valence-electron chi connectivity index (χ1n) is 9.98. The number of phenols is 1. The van der Waals surface area contributed by atoms with E-state index < -0.39 is 0 Å². The van der Waals surface area contributed by atoms with Gasteiger partial charge in [-0.3, -0.25) is 0 Å². The smallest absolute Gasteiger partial charge is 0.338 e. The van der Waals surface area contributed by atoms with Crippen molar-refractivity contribution in [3.8, 4) is 5.75 Å². The Balaban J connectivity index is 1.80. The highest BCUT2D eigenvalue weighted by Gasteiger charge is 2.17. The van der Waals surface area contributed by atoms with Gasteiger partial charge >= 0.3 is 5.97 Å². The second kappa shape index (κ2) is 9.45. The lowest BCUT2D eigenvalue weighted by molar-refractivity contribution is 0.0526. The van der Waals surface area contributed by atoms with Crippen molar-refractivity contribution in [2.45, 2.75) is 52.0 Å². The quantitative estimate of drug-likeness (QED) is 0.652. The van der Waals surface area contributed by atoms with Crippen molar-refractivity contribution >= 4 is 11.7 Å². The molecule has 144 valence electrons. The molecule has 1 fully saturated rings. The maximum atomic E-state index is 12.1. The van der Waals surface area contributed by atoms with E-state index in [2.05, 4.69) is 5.32 Å². The molecule has 27 heavy (non-hydrogen) atoms. The van der Waals surface area contributed by atoms with Crippen molar-refractivity contribution in [2.24, 2.45) is 5.92 Å². The molecule has 0 unspecified atom stereocenters. The van der Waals surface area contributed by atoms with Gasteiger partial charge in [-0.05, 0) is 43.0 Å². The first-order valence-corrected chi connectivity index (χ1v) is 9.98. The van der Waals surface area contributed by atoms with Crippen LogP contribution in [0.3, 0.4) is 0 Å². The Morgan fingerprint density at radius 3 is 2.63 bits per heavy atom. The number of rotatable bonds is 7. The Bertz CT molecular complexity index is 766. The molecule has 0 aromatic heterocycles. The summed E-state index contributed by atoms with van der Waals surface area (Å²) < 4.78 is 5.15. The summed E-state index contributed by atoms with van der Waals surface area (Å²) in [5.41, 5.74) is 3.58. The second-order valence-electron chi connectivity index (χ2n) is 7.28. The van der Waals surface area contributed by atoms with E-state index in [-0.39, 0.29) is 11.7 Å². The summed E-state index contributed by atoms with van der Waals surface area (Å²) in [6.45, 7) is 2.69. The molecule has 4 nitrogen and oxygen atoms in total. The van der Waals surface area contributed by atoms with Gasteiger partial charge in [0.1, 0.15) is 5.75 Å². The monoisotopic (exact) mass is 367 g/mol. The number of hydrogen-bond donors (Lipinski definition) is 2. The summed E-state index contributed by atoms with van der Waals surface area (Å²) in [7, 11) is 0. The summed E-state index contributed by atoms with van der Waals surface area (Å²) in [6.07, 6.45) is 7.54. The SMILES string of the molecule is CCOC(=O)c1ccc(CC2CCCCC2)c(NCc2ccccc2O)c1. The van der Waals surface area contributed by atoms with Crippen molar-refractivity contribution in [1.29, 1.82) is 0 Å². The fourth-order valence-corrected chi connectivity index (χ4v) is 3.81. The fourth-order valence-electron chi connectivity index (χ4n) is 3.81. The van der Waals surface area contributed by atoms with Crippen LogP contribution in [0.2, 0.25) is 0 Å². The highest BCUT2D eigenvalue weighted by molar-refractivity contribution is 5.90. The summed E-state index contributed by atoms with van der Waals surface area (Å²) in [6, 6.07) is 13.1. The topological polar surface area (TPSA) is 58.6 Å². The number of anilines is 1. The molecule has 3 rings (SSSR count). The average Bonchev–Trinajstić information content (AvgIpc) is 2.69. The third kappa shape index (κ3) is 5.25. The molecule has 1 saturated carbocycles. The van der Waals surface area contributed by atoms with E-state index >= 15 is 0 Å². The van der Waals surface area contributed by atoms with Gasteiger partial charge in [-0.25, -0.2) is 4.79 Å². The molecule has 0 spiro atoms. The molecule has 0 saturated heterocycles. The largest absolute Gasteiger partial charge is 0.508 e. The fraction of sp³-hybridized carbons (Fsp3) is 0.435. The van der Waals surface area contributed by atoms with Crippen LogP contribution in [-0.4, -0.2) is 17.7 Å². The number of carbonyl (C=O) groups excluding carboxylic acids is 1. The zero-order valence-electron chi connectivity index (χ0n) is 16.0. The van der Waals surface area contributed by atoms with Gasteiger partial charge in [0.2, 0.25) is 0 Å². The first kappa shape index (κ1) is 19.3. The molecule has 0 aliphatic heterocycles. The molecule has 0 radical (unpaired) electrons. The maximum Gasteiger partial charge on any atom is 0.338 e. The van der Waals surface area contributed by atoms with Crippen LogP contribution in [0.1, 0.15) is 60.5 Å². The minimum atomic E-state index is -0.299. The molecule has 0 amide bonds. The number of phenolic OH excluding ortho intramolecular Hbond substituents is 1. The lowest BCUT2D eigenvalue weighted by Crippen LogP contribution is -2.12. The number of nitrogens with one attached hydrogen (secondary N) is 1. The van der Waals surface area contributed by atoms with Crippen molar-refractivity contribution in [3.63, 3.8) is 0 Å². The van der Waals surface area contributed by atoms with Crippen molar-refractivity contribution in [1.82, 2.24) is 0 Å². The van der Waals surface area contributed by atoms with Gasteiger partial charge in [0, 0.05) is 17.8 Å². The van der Waals surface area contributed by atoms with Gasteiger partial charge in [-0.1, -0.05) is 56.4 Å². The summed E-state index contributed by atoms with van der Waals surface area (Å²) in [5.74, 6) is 0.686. The number of para-hydroxylation sites is 1. The molecule has 2 aromatic carbocycles. The van der Waals surface area contributed by atoms with Crippen molar-refractivity contribution in [2.75, 3.05) is 11.9 Å². The maximum absolute atomic E-state index is 12.1. The third-order valence-corrected chi connectivity index (χ3v) is 5.32. The lowest BCUT2D eigenvalue weighted by Gasteiger charge is -2.23. The van der Waals surface area contributed by atoms with Gasteiger partial charge in [0.05, 0.1) is 12.2 Å². The molecule has 2 N–H and O–H groups in total. The molecule has 0 atom stereocenters. The summed E-state index contributed by atoms with van der Waals surface area (Å²) in [4.78, 5) is 12.1. The van der Waals surface area contributed by atoms with E-state index in [1.807, 2.05) is 43.3 Å². The first-order chi connectivity index (χ1) is 13.2. The van der Waals surface area contributed by atoms with E-state index in [9.17, 15) is 9.90 Å². The normalized spacial score (nSPS) is 14.7. The average molecular weight is 367 g/mol. The van der Waals surface area contributed by atoms with Crippen molar-refractivity contribution < 1.29 is 14.6 Å². The van der Waals surface area contributed by atoms with Gasteiger partial charge in [-0.2, -0.15) is 0 Å². The highest BCUT2D eigenvalue weighted by atomic mass is 16.5. The van der Waals surface area contributed by atoms with E-state index in [4.69, 9.17) is 4.74 Å². The number of carbonyl (C=O) groups is 1. The minimum absolute atomic E-state index is 0.278. The molecular formula is C23H29NO3. The number of hydrogen-bond acceptors (Lipinski definition) is 4. The highest BCUT2D eigenvalue weighted by Crippen LogP contribution is 2.30. The number of benzene rings is 2. The van der Waals surface area contributed by atoms with Gasteiger partial charge < -0.3 is 15.2 Å². The van der Waals surface area contributed by atoms with Crippen LogP contribution >= 0.6 is 0 Å². The molecule has 4 heteroatoms. The number of esters is 1. The standard InChI is InChI=1S/C23H29NO3/c1-2-27-23(26)19-13-12-18(14-17-8-4-3-5-9-17)21(15-19)24-16-20-10-6-7-11-22(20)25/h6-7,10-13,15,17,24-25H,2-5,8-9,14,16H2,1H3. The Morgan fingerprint density at radius 1 is 1.11 bits per heavy atom. The zero-order chi connectivity index (χ0) is 19.1. The van der Waals surface area contributed by atoms with Crippen molar-refractivity contribution in [3.05, 3.63) is 59.2 Å². The van der Waals surface area contributed by atoms with Crippen LogP contribution in [0.25, 0.3) is 0 Å². The van der Waals surface area contributed by atoms with Crippen LogP contribution in [0.15, 0.2) is 42.5 Å². The van der Waals surface area contributed by atoms with Crippen LogP contribution in [0.5, 0.6) is 5.75 Å². The van der Waals surface area contributed by atoms with Crippen LogP contribution in [-0.2, 0) is 17.7 Å². The molecule has 0 heterocycles. The molecule has 1 aliphatic rings. The lowest BCUT2D eigenvalue weighted by atomic mass is 9.84. The molecule has 1 aliphatic carbocycles. The molecular weight excluding hydrogens is 338 g/mol. The molecule has 2 aromatic rings. The molecule has 0 bridgehead atoms. The summed E-state index contributed by atoms with van der Waals surface area (Å²) in [5, 5.41) is 13.4. The Hall–Kier alpha value is -2.49. The van der Waals surface area contributed by atoms with Crippen LogP contribution in [0.4, 0.5) is 5.69 Å².